The molecule has 0 radical (unpaired) electrons. The van der Waals surface area contributed by atoms with Crippen molar-refractivity contribution in [1.29, 1.82) is 0 Å². The second kappa shape index (κ2) is 7.92. The third-order valence-electron chi connectivity index (χ3n) is 4.59. The first-order valence-corrected chi connectivity index (χ1v) is 9.51. The lowest BCUT2D eigenvalue weighted by Gasteiger charge is -2.13. The predicted octanol–water partition coefficient (Wildman–Crippen LogP) is 5.31. The van der Waals surface area contributed by atoms with E-state index in [2.05, 4.69) is 24.9 Å². The van der Waals surface area contributed by atoms with Gasteiger partial charge in [0, 0.05) is 5.39 Å². The Hall–Kier alpha value is -2.33. The van der Waals surface area contributed by atoms with Crippen LogP contribution in [0.25, 0.3) is 16.6 Å². The van der Waals surface area contributed by atoms with E-state index in [0.717, 1.165) is 10.9 Å². The zero-order chi connectivity index (χ0) is 18.7. The summed E-state index contributed by atoms with van der Waals surface area (Å²) in [5, 5.41) is 1.28. The summed E-state index contributed by atoms with van der Waals surface area (Å²) >= 11 is 6.27. The fourth-order valence-corrected chi connectivity index (χ4v) is 3.02. The molecule has 0 spiro atoms. The summed E-state index contributed by atoms with van der Waals surface area (Å²) in [6, 6.07) is 13.3. The van der Waals surface area contributed by atoms with Crippen LogP contribution in [0.1, 0.15) is 51.0 Å². The number of para-hydroxylation sites is 1. The summed E-state index contributed by atoms with van der Waals surface area (Å²) in [4.78, 5) is 16.4. The highest BCUT2D eigenvalue weighted by molar-refractivity contribution is 6.32. The molecule has 0 unspecified atom stereocenters. The van der Waals surface area contributed by atoms with Crippen molar-refractivity contribution in [1.82, 2.24) is 9.55 Å². The van der Waals surface area contributed by atoms with Gasteiger partial charge in [-0.3, -0.25) is 4.57 Å². The van der Waals surface area contributed by atoms with E-state index in [1.807, 2.05) is 30.3 Å². The van der Waals surface area contributed by atoms with Crippen molar-refractivity contribution in [2.75, 3.05) is 5.73 Å². The molecule has 0 saturated heterocycles. The Bertz CT molecular complexity index is 975. The molecule has 1 aliphatic carbocycles. The second-order valence-electron chi connectivity index (χ2n) is 6.62. The molecule has 1 fully saturated rings. The van der Waals surface area contributed by atoms with Gasteiger partial charge < -0.3 is 5.73 Å². The quantitative estimate of drug-likeness (QED) is 0.680. The molecule has 1 saturated carbocycles. The molecule has 26 heavy (non-hydrogen) atoms. The number of fused-ring (bicyclic) bond motifs is 1. The molecule has 4 nitrogen and oxygen atoms in total. The van der Waals surface area contributed by atoms with Crippen LogP contribution in [0.2, 0.25) is 5.02 Å². The molecule has 5 heteroatoms. The van der Waals surface area contributed by atoms with Gasteiger partial charge in [0.05, 0.1) is 16.2 Å². The lowest BCUT2D eigenvalue weighted by Crippen LogP contribution is -2.23. The van der Waals surface area contributed by atoms with E-state index in [-0.39, 0.29) is 5.82 Å². The van der Waals surface area contributed by atoms with Gasteiger partial charge in [0.25, 0.3) is 0 Å². The number of benzene rings is 2. The molecule has 1 aliphatic rings. The summed E-state index contributed by atoms with van der Waals surface area (Å²) < 4.78 is 1.54. The first-order valence-electron chi connectivity index (χ1n) is 9.13. The molecule has 2 N–H and O–H groups in total. The van der Waals surface area contributed by atoms with Crippen LogP contribution >= 0.6 is 11.6 Å². The molecule has 2 aromatic carbocycles. The average Bonchev–Trinajstić information content (AvgIpc) is 3.48. The summed E-state index contributed by atoms with van der Waals surface area (Å²) in [5.74, 6) is 0.847. The molecule has 0 atom stereocenters. The van der Waals surface area contributed by atoms with Gasteiger partial charge in [-0.25, -0.2) is 4.79 Å². The average molecular weight is 370 g/mol. The maximum Gasteiger partial charge on any atom is 0.354 e. The van der Waals surface area contributed by atoms with Gasteiger partial charge in [-0.15, -0.1) is 0 Å². The molecular weight excluding hydrogens is 346 g/mol. The van der Waals surface area contributed by atoms with Crippen molar-refractivity contribution in [3.63, 3.8) is 0 Å². The highest BCUT2D eigenvalue weighted by Gasteiger charge is 2.24. The molecular formula is C21H24ClN3O. The van der Waals surface area contributed by atoms with Gasteiger partial charge in [0.2, 0.25) is 0 Å². The topological polar surface area (TPSA) is 60.9 Å². The molecule has 4 rings (SSSR count). The summed E-state index contributed by atoms with van der Waals surface area (Å²) in [6.07, 6.45) is 5.03. The van der Waals surface area contributed by atoms with Crippen molar-refractivity contribution < 1.29 is 0 Å². The van der Waals surface area contributed by atoms with E-state index < -0.39 is 5.69 Å². The van der Waals surface area contributed by atoms with E-state index in [1.54, 1.807) is 10.6 Å². The van der Waals surface area contributed by atoms with Gasteiger partial charge in [0.1, 0.15) is 5.82 Å². The molecule has 1 heterocycles. The molecule has 0 amide bonds. The van der Waals surface area contributed by atoms with Gasteiger partial charge in [-0.05, 0) is 48.6 Å². The first kappa shape index (κ1) is 18.5. The Kier molecular flexibility index (Phi) is 5.62. The van der Waals surface area contributed by atoms with E-state index in [1.165, 1.54) is 31.2 Å². The van der Waals surface area contributed by atoms with Crippen molar-refractivity contribution in [2.24, 2.45) is 0 Å². The fourth-order valence-electron chi connectivity index (χ4n) is 2.80. The number of halogens is 1. The number of hydrogen-bond acceptors (Lipinski definition) is 3. The number of rotatable bonds is 3. The van der Waals surface area contributed by atoms with Gasteiger partial charge in [-0.1, -0.05) is 56.5 Å². The number of aromatic nitrogens is 2. The first-order chi connectivity index (χ1) is 12.6. The van der Waals surface area contributed by atoms with Gasteiger partial charge in [-0.2, -0.15) is 4.98 Å². The van der Waals surface area contributed by atoms with Gasteiger partial charge in [0.15, 0.2) is 0 Å². The minimum atomic E-state index is -0.411. The Morgan fingerprint density at radius 3 is 2.46 bits per heavy atom. The van der Waals surface area contributed by atoms with Crippen LogP contribution < -0.4 is 11.4 Å². The number of anilines is 1. The van der Waals surface area contributed by atoms with Crippen molar-refractivity contribution in [2.45, 2.75) is 45.4 Å². The summed E-state index contributed by atoms with van der Waals surface area (Å²) in [5.41, 5.74) is 8.13. The largest absolute Gasteiger partial charge is 0.383 e. The summed E-state index contributed by atoms with van der Waals surface area (Å²) in [7, 11) is 0. The van der Waals surface area contributed by atoms with E-state index >= 15 is 0 Å². The van der Waals surface area contributed by atoms with Crippen LogP contribution in [0.3, 0.4) is 0 Å². The Labute approximate surface area is 158 Å². The van der Waals surface area contributed by atoms with Crippen LogP contribution in [0, 0.1) is 0 Å². The molecule has 1 aromatic heterocycles. The smallest absolute Gasteiger partial charge is 0.354 e. The molecule has 3 aromatic rings. The van der Waals surface area contributed by atoms with E-state index in [9.17, 15) is 4.79 Å². The third kappa shape index (κ3) is 3.75. The standard InChI is InChI=1S/C17H14ClN3O.C4H10/c18-13-3-1-2-4-14(13)21-15-9-11(10-5-6-10)7-8-12(15)16(19)20-17(21)22;1-3-4-2/h1-4,7-10H,5-6H2,(H2,19,20,22);3-4H2,1-2H3. The van der Waals surface area contributed by atoms with Crippen LogP contribution in [0.4, 0.5) is 5.82 Å². The normalized spacial score (nSPS) is 13.3. The summed E-state index contributed by atoms with van der Waals surface area (Å²) in [6.45, 7) is 4.36. The monoisotopic (exact) mass is 369 g/mol. The number of hydrogen-bond donors (Lipinski definition) is 1. The zero-order valence-electron chi connectivity index (χ0n) is 15.2. The molecule has 136 valence electrons. The van der Waals surface area contributed by atoms with Crippen molar-refractivity contribution in [3.8, 4) is 5.69 Å². The number of nitrogens with zero attached hydrogens (tertiary/aromatic N) is 2. The van der Waals surface area contributed by atoms with Crippen molar-refractivity contribution in [3.05, 3.63) is 63.5 Å². The van der Waals surface area contributed by atoms with Gasteiger partial charge >= 0.3 is 5.69 Å². The Morgan fingerprint density at radius 1 is 1.15 bits per heavy atom. The molecule has 0 aliphatic heterocycles. The lowest BCUT2D eigenvalue weighted by atomic mass is 10.1. The van der Waals surface area contributed by atoms with Crippen LogP contribution in [0.15, 0.2) is 47.3 Å². The van der Waals surface area contributed by atoms with E-state index in [4.69, 9.17) is 17.3 Å². The zero-order valence-corrected chi connectivity index (χ0v) is 16.0. The second-order valence-corrected chi connectivity index (χ2v) is 7.02. The lowest BCUT2D eigenvalue weighted by molar-refractivity contribution is 0.886. The minimum Gasteiger partial charge on any atom is -0.383 e. The van der Waals surface area contributed by atoms with Crippen LogP contribution in [0.5, 0.6) is 0 Å². The van der Waals surface area contributed by atoms with Crippen LogP contribution in [-0.2, 0) is 0 Å². The molecule has 0 bridgehead atoms. The number of nitrogens with two attached hydrogens (primary N) is 1. The Balaban J connectivity index is 0.000000447. The highest BCUT2D eigenvalue weighted by atomic mass is 35.5. The van der Waals surface area contributed by atoms with E-state index in [0.29, 0.717) is 16.6 Å². The Morgan fingerprint density at radius 2 is 1.85 bits per heavy atom. The fraction of sp³-hybridized carbons (Fsp3) is 0.333. The highest BCUT2D eigenvalue weighted by Crippen LogP contribution is 2.41. The SMILES string of the molecule is CCCC.Nc1nc(=O)n(-c2ccccc2Cl)c2cc(C3CC3)ccc12. The maximum atomic E-state index is 12.4. The maximum absolute atomic E-state index is 12.4. The third-order valence-corrected chi connectivity index (χ3v) is 4.91. The van der Waals surface area contributed by atoms with Crippen molar-refractivity contribution >= 4 is 28.3 Å². The minimum absolute atomic E-state index is 0.255. The van der Waals surface area contributed by atoms with Crippen LogP contribution in [-0.4, -0.2) is 9.55 Å². The number of unbranched alkanes of at least 4 members (excludes halogenated alkanes) is 1. The number of nitrogen functional groups attached to an aromatic ring is 1. The predicted molar refractivity (Wildman–Crippen MR) is 109 cm³/mol.